The zero-order valence-electron chi connectivity index (χ0n) is 11.4. The molecule has 1 aromatic carbocycles. The van der Waals surface area contributed by atoms with E-state index in [1.165, 1.54) is 12.1 Å². The minimum absolute atomic E-state index is 0.409. The van der Waals surface area contributed by atoms with E-state index in [9.17, 15) is 13.6 Å². The number of carbonyl (C=O) groups excluding carboxylic acids is 1. The first-order valence-corrected chi connectivity index (χ1v) is 7.05. The minimum atomic E-state index is -1.19. The molecule has 3 rings (SSSR count). The first-order chi connectivity index (χ1) is 10.1. The number of carbonyl (C=O) groups is 1. The number of hydrogen-bond donors (Lipinski definition) is 0. The summed E-state index contributed by atoms with van der Waals surface area (Å²) in [5.74, 6) is -4.08. The number of benzene rings is 1. The third-order valence-electron chi connectivity index (χ3n) is 3.88. The standard InChI is InChI=1S/C15H16F2O4/c16-11-5-1-4-10(13(11)17)14(18)21-12-6-2-8-19-15(12)7-3-9-20-15/h1,4-5,12H,2-3,6-9H2. The van der Waals surface area contributed by atoms with Crippen LogP contribution in [0, 0.1) is 11.6 Å². The quantitative estimate of drug-likeness (QED) is 0.788. The predicted octanol–water partition coefficient (Wildman–Crippen LogP) is 2.81. The lowest BCUT2D eigenvalue weighted by Crippen LogP contribution is -2.50. The van der Waals surface area contributed by atoms with Gasteiger partial charge in [0, 0.05) is 6.42 Å². The Morgan fingerprint density at radius 3 is 2.76 bits per heavy atom. The molecular weight excluding hydrogens is 282 g/mol. The molecule has 1 spiro atoms. The van der Waals surface area contributed by atoms with E-state index in [0.29, 0.717) is 26.1 Å². The summed E-state index contributed by atoms with van der Waals surface area (Å²) in [5, 5.41) is 0. The van der Waals surface area contributed by atoms with Crippen molar-refractivity contribution in [1.82, 2.24) is 0 Å². The van der Waals surface area contributed by atoms with Gasteiger partial charge in [0.1, 0.15) is 0 Å². The van der Waals surface area contributed by atoms with Crippen molar-refractivity contribution >= 4 is 5.97 Å². The van der Waals surface area contributed by atoms with Crippen LogP contribution in [0.5, 0.6) is 0 Å². The van der Waals surface area contributed by atoms with Crippen molar-refractivity contribution in [2.75, 3.05) is 13.2 Å². The van der Waals surface area contributed by atoms with E-state index >= 15 is 0 Å². The molecule has 0 aliphatic carbocycles. The Labute approximate surface area is 121 Å². The maximum absolute atomic E-state index is 13.6. The average molecular weight is 298 g/mol. The van der Waals surface area contributed by atoms with Crippen LogP contribution in [0.1, 0.15) is 36.0 Å². The molecular formula is C15H16F2O4. The van der Waals surface area contributed by atoms with E-state index in [1.807, 2.05) is 0 Å². The molecule has 2 heterocycles. The predicted molar refractivity (Wildman–Crippen MR) is 68.7 cm³/mol. The zero-order chi connectivity index (χ0) is 14.9. The van der Waals surface area contributed by atoms with Gasteiger partial charge in [0.2, 0.25) is 5.79 Å². The summed E-state index contributed by atoms with van der Waals surface area (Å²) in [5.41, 5.74) is -0.409. The molecule has 2 saturated heterocycles. The van der Waals surface area contributed by atoms with Gasteiger partial charge in [0.05, 0.1) is 18.8 Å². The van der Waals surface area contributed by atoms with Crippen LogP contribution in [0.2, 0.25) is 0 Å². The molecule has 0 radical (unpaired) electrons. The molecule has 6 heteroatoms. The third kappa shape index (κ3) is 2.65. The Hall–Kier alpha value is -1.53. The van der Waals surface area contributed by atoms with Crippen molar-refractivity contribution in [3.63, 3.8) is 0 Å². The van der Waals surface area contributed by atoms with Crippen LogP contribution in [0.25, 0.3) is 0 Å². The summed E-state index contributed by atoms with van der Waals surface area (Å²) in [4.78, 5) is 12.1. The summed E-state index contributed by atoms with van der Waals surface area (Å²) >= 11 is 0. The van der Waals surface area contributed by atoms with Crippen LogP contribution in [0.4, 0.5) is 8.78 Å². The Morgan fingerprint density at radius 1 is 1.24 bits per heavy atom. The van der Waals surface area contributed by atoms with Crippen LogP contribution >= 0.6 is 0 Å². The largest absolute Gasteiger partial charge is 0.453 e. The van der Waals surface area contributed by atoms with Crippen LogP contribution in [0.3, 0.4) is 0 Å². The Balaban J connectivity index is 1.78. The van der Waals surface area contributed by atoms with Gasteiger partial charge in [-0.3, -0.25) is 0 Å². The lowest BCUT2D eigenvalue weighted by atomic mass is 9.99. The van der Waals surface area contributed by atoms with Crippen LogP contribution in [0.15, 0.2) is 18.2 Å². The van der Waals surface area contributed by atoms with Gasteiger partial charge in [-0.2, -0.15) is 0 Å². The maximum Gasteiger partial charge on any atom is 0.341 e. The molecule has 2 fully saturated rings. The zero-order valence-corrected chi connectivity index (χ0v) is 11.4. The maximum atomic E-state index is 13.6. The summed E-state index contributed by atoms with van der Waals surface area (Å²) in [6.45, 7) is 1.09. The van der Waals surface area contributed by atoms with E-state index < -0.39 is 35.1 Å². The lowest BCUT2D eigenvalue weighted by molar-refractivity contribution is -0.277. The third-order valence-corrected chi connectivity index (χ3v) is 3.88. The molecule has 0 saturated carbocycles. The minimum Gasteiger partial charge on any atom is -0.453 e. The van der Waals surface area contributed by atoms with E-state index in [-0.39, 0.29) is 0 Å². The molecule has 0 aromatic heterocycles. The number of halogens is 2. The van der Waals surface area contributed by atoms with Gasteiger partial charge in [0.15, 0.2) is 17.7 Å². The smallest absolute Gasteiger partial charge is 0.341 e. The molecule has 0 bridgehead atoms. The molecule has 0 N–H and O–H groups in total. The van der Waals surface area contributed by atoms with E-state index in [2.05, 4.69) is 0 Å². The first kappa shape index (κ1) is 14.4. The molecule has 2 atom stereocenters. The number of hydrogen-bond acceptors (Lipinski definition) is 4. The molecule has 114 valence electrons. The van der Waals surface area contributed by atoms with E-state index in [4.69, 9.17) is 14.2 Å². The fraction of sp³-hybridized carbons (Fsp3) is 0.533. The number of esters is 1. The highest BCUT2D eigenvalue weighted by atomic mass is 19.2. The van der Waals surface area contributed by atoms with Gasteiger partial charge in [-0.25, -0.2) is 13.6 Å². The van der Waals surface area contributed by atoms with Gasteiger partial charge >= 0.3 is 5.97 Å². The van der Waals surface area contributed by atoms with Crippen LogP contribution < -0.4 is 0 Å². The second-order valence-corrected chi connectivity index (χ2v) is 5.25. The van der Waals surface area contributed by atoms with Gasteiger partial charge in [-0.05, 0) is 31.4 Å². The highest BCUT2D eigenvalue weighted by Gasteiger charge is 2.48. The molecule has 0 amide bonds. The second-order valence-electron chi connectivity index (χ2n) is 5.25. The van der Waals surface area contributed by atoms with Crippen molar-refractivity contribution in [1.29, 1.82) is 0 Å². The van der Waals surface area contributed by atoms with Gasteiger partial charge in [0.25, 0.3) is 0 Å². The molecule has 21 heavy (non-hydrogen) atoms. The second kappa shape index (κ2) is 5.69. The molecule has 2 aliphatic rings. The summed E-state index contributed by atoms with van der Waals surface area (Å²) in [7, 11) is 0. The van der Waals surface area contributed by atoms with Gasteiger partial charge in [-0.1, -0.05) is 6.07 Å². The highest BCUT2D eigenvalue weighted by Crippen LogP contribution is 2.37. The van der Waals surface area contributed by atoms with Crippen molar-refractivity contribution < 1.29 is 27.8 Å². The number of ether oxygens (including phenoxy) is 3. The van der Waals surface area contributed by atoms with Crippen LogP contribution in [-0.4, -0.2) is 31.1 Å². The van der Waals surface area contributed by atoms with E-state index in [0.717, 1.165) is 18.9 Å². The van der Waals surface area contributed by atoms with Gasteiger partial charge in [-0.15, -0.1) is 0 Å². The van der Waals surface area contributed by atoms with Crippen molar-refractivity contribution in [2.24, 2.45) is 0 Å². The fourth-order valence-electron chi connectivity index (χ4n) is 2.83. The van der Waals surface area contributed by atoms with Crippen molar-refractivity contribution in [3.05, 3.63) is 35.4 Å². The Morgan fingerprint density at radius 2 is 2.00 bits per heavy atom. The molecule has 2 unspecified atom stereocenters. The fourth-order valence-corrected chi connectivity index (χ4v) is 2.83. The lowest BCUT2D eigenvalue weighted by Gasteiger charge is -2.39. The van der Waals surface area contributed by atoms with E-state index in [1.54, 1.807) is 0 Å². The highest BCUT2D eigenvalue weighted by molar-refractivity contribution is 5.89. The Bertz CT molecular complexity index is 540. The topological polar surface area (TPSA) is 44.8 Å². The normalized spacial score (nSPS) is 28.8. The SMILES string of the molecule is O=C(OC1CCCOC12CCCO2)c1cccc(F)c1F. The molecule has 1 aromatic rings. The Kier molecular flexibility index (Phi) is 3.91. The summed E-state index contributed by atoms with van der Waals surface area (Å²) < 4.78 is 43.5. The first-order valence-electron chi connectivity index (χ1n) is 7.05. The summed E-state index contributed by atoms with van der Waals surface area (Å²) in [6.07, 6.45) is 2.18. The monoisotopic (exact) mass is 298 g/mol. The summed E-state index contributed by atoms with van der Waals surface area (Å²) in [6, 6.07) is 3.43. The van der Waals surface area contributed by atoms with Crippen molar-refractivity contribution in [3.8, 4) is 0 Å². The molecule has 4 nitrogen and oxygen atoms in total. The van der Waals surface area contributed by atoms with Crippen molar-refractivity contribution in [2.45, 2.75) is 37.6 Å². The van der Waals surface area contributed by atoms with Gasteiger partial charge < -0.3 is 14.2 Å². The average Bonchev–Trinajstić information content (AvgIpc) is 2.94. The number of rotatable bonds is 2. The van der Waals surface area contributed by atoms with Crippen LogP contribution in [-0.2, 0) is 14.2 Å². The molecule has 2 aliphatic heterocycles.